The summed E-state index contributed by atoms with van der Waals surface area (Å²) in [6.45, 7) is 3.74. The summed E-state index contributed by atoms with van der Waals surface area (Å²) in [7, 11) is 1.94. The smallest absolute Gasteiger partial charge is 0.321 e. The minimum absolute atomic E-state index is 0.247. The van der Waals surface area contributed by atoms with Crippen LogP contribution in [0, 0.1) is 0 Å². The van der Waals surface area contributed by atoms with E-state index < -0.39 is 6.03 Å². The van der Waals surface area contributed by atoms with E-state index in [1.165, 1.54) is 4.88 Å². The topological polar surface area (TPSA) is 62.6 Å². The molecule has 1 aromatic rings. The van der Waals surface area contributed by atoms with Gasteiger partial charge in [-0.1, -0.05) is 19.4 Å². The molecule has 1 atom stereocenters. The standard InChI is InChI=1S/C13H21N3O2S/c1-3-4-7-14-13(18)15-12(17)10-16(2)9-11-6-5-8-19-11/h5-6,8H,3-4,7,9-10H2,1-2H3,(H2,14,15,17,18)/p+1. The van der Waals surface area contributed by atoms with Crippen molar-refractivity contribution in [3.05, 3.63) is 22.4 Å². The molecule has 0 aliphatic carbocycles. The average Bonchev–Trinajstić information content (AvgIpc) is 2.81. The monoisotopic (exact) mass is 284 g/mol. The van der Waals surface area contributed by atoms with Gasteiger partial charge in [0.2, 0.25) is 0 Å². The van der Waals surface area contributed by atoms with Crippen molar-refractivity contribution in [2.45, 2.75) is 26.3 Å². The molecule has 6 heteroatoms. The van der Waals surface area contributed by atoms with E-state index in [9.17, 15) is 9.59 Å². The summed E-state index contributed by atoms with van der Waals surface area (Å²) in [6.07, 6.45) is 1.94. The van der Waals surface area contributed by atoms with E-state index in [1.807, 2.05) is 31.5 Å². The number of likely N-dealkylation sites (N-methyl/N-ethyl adjacent to an activating group) is 1. The molecule has 5 nitrogen and oxygen atoms in total. The Morgan fingerprint density at radius 2 is 2.21 bits per heavy atom. The second kappa shape index (κ2) is 8.66. The first-order valence-corrected chi connectivity index (χ1v) is 7.41. The predicted molar refractivity (Wildman–Crippen MR) is 76.2 cm³/mol. The molecule has 0 spiro atoms. The highest BCUT2D eigenvalue weighted by Crippen LogP contribution is 2.05. The molecule has 0 bridgehead atoms. The molecule has 0 radical (unpaired) electrons. The lowest BCUT2D eigenvalue weighted by molar-refractivity contribution is -0.885. The van der Waals surface area contributed by atoms with Crippen LogP contribution in [-0.4, -0.2) is 32.1 Å². The highest BCUT2D eigenvalue weighted by atomic mass is 32.1. The van der Waals surface area contributed by atoms with Crippen molar-refractivity contribution >= 4 is 23.3 Å². The number of carbonyl (C=O) groups excluding carboxylic acids is 2. The van der Waals surface area contributed by atoms with Crippen LogP contribution in [0.15, 0.2) is 17.5 Å². The third-order valence-corrected chi connectivity index (χ3v) is 3.46. The molecule has 0 aromatic carbocycles. The van der Waals surface area contributed by atoms with Gasteiger partial charge in [0.25, 0.3) is 5.91 Å². The molecular formula is C13H22N3O2S+. The van der Waals surface area contributed by atoms with E-state index in [4.69, 9.17) is 0 Å². The quantitative estimate of drug-likeness (QED) is 0.634. The van der Waals surface area contributed by atoms with Gasteiger partial charge in [-0.2, -0.15) is 0 Å². The molecule has 3 amide bonds. The van der Waals surface area contributed by atoms with Crippen LogP contribution in [0.25, 0.3) is 0 Å². The van der Waals surface area contributed by atoms with Gasteiger partial charge in [0, 0.05) is 6.54 Å². The molecule has 3 N–H and O–H groups in total. The van der Waals surface area contributed by atoms with Gasteiger partial charge >= 0.3 is 6.03 Å². The number of thiophene rings is 1. The van der Waals surface area contributed by atoms with Crippen LogP contribution in [0.2, 0.25) is 0 Å². The minimum Gasteiger partial charge on any atom is -0.338 e. The molecular weight excluding hydrogens is 262 g/mol. The Bertz CT molecular complexity index is 393. The van der Waals surface area contributed by atoms with E-state index in [-0.39, 0.29) is 5.91 Å². The fourth-order valence-electron chi connectivity index (χ4n) is 1.64. The molecule has 0 fully saturated rings. The fourth-order valence-corrected chi connectivity index (χ4v) is 2.46. The highest BCUT2D eigenvalue weighted by Gasteiger charge is 2.13. The van der Waals surface area contributed by atoms with Crippen LogP contribution in [0.4, 0.5) is 4.79 Å². The van der Waals surface area contributed by atoms with Gasteiger partial charge in [0.05, 0.1) is 11.9 Å². The lowest BCUT2D eigenvalue weighted by atomic mass is 10.3. The summed E-state index contributed by atoms with van der Waals surface area (Å²) in [5.41, 5.74) is 0. The van der Waals surface area contributed by atoms with E-state index in [2.05, 4.69) is 10.6 Å². The number of quaternary nitrogens is 1. The van der Waals surface area contributed by atoms with Crippen molar-refractivity contribution in [1.29, 1.82) is 0 Å². The van der Waals surface area contributed by atoms with Crippen molar-refractivity contribution in [2.75, 3.05) is 20.1 Å². The van der Waals surface area contributed by atoms with Gasteiger partial charge in [-0.3, -0.25) is 10.1 Å². The van der Waals surface area contributed by atoms with E-state index in [1.54, 1.807) is 11.3 Å². The Morgan fingerprint density at radius 3 is 2.84 bits per heavy atom. The zero-order valence-corrected chi connectivity index (χ0v) is 12.3. The summed E-state index contributed by atoms with van der Waals surface area (Å²) in [6, 6.07) is 3.64. The molecule has 0 aliphatic rings. The maximum Gasteiger partial charge on any atom is 0.321 e. The predicted octanol–water partition coefficient (Wildman–Crippen LogP) is 0.389. The maximum atomic E-state index is 11.6. The number of amides is 3. The number of nitrogens with one attached hydrogen (secondary N) is 3. The Kier molecular flexibility index (Phi) is 7.14. The van der Waals surface area contributed by atoms with Gasteiger partial charge in [0.15, 0.2) is 6.54 Å². The summed E-state index contributed by atoms with van der Waals surface area (Å²) in [5.74, 6) is -0.247. The summed E-state index contributed by atoms with van der Waals surface area (Å²) >= 11 is 1.67. The van der Waals surface area contributed by atoms with Crippen LogP contribution in [0.1, 0.15) is 24.6 Å². The summed E-state index contributed by atoms with van der Waals surface area (Å²) < 4.78 is 0. The van der Waals surface area contributed by atoms with Crippen molar-refractivity contribution in [2.24, 2.45) is 0 Å². The van der Waals surface area contributed by atoms with Crippen LogP contribution < -0.4 is 15.5 Å². The number of carbonyl (C=O) groups is 2. The number of urea groups is 1. The lowest BCUT2D eigenvalue weighted by Gasteiger charge is -2.12. The molecule has 0 aliphatic heterocycles. The summed E-state index contributed by atoms with van der Waals surface area (Å²) in [5, 5.41) is 7.02. The SMILES string of the molecule is CCCCNC(=O)NC(=O)C[NH+](C)Cc1cccs1. The third kappa shape index (κ3) is 6.93. The lowest BCUT2D eigenvalue weighted by Crippen LogP contribution is -3.08. The molecule has 0 saturated carbocycles. The molecule has 1 rings (SSSR count). The number of hydrogen-bond acceptors (Lipinski definition) is 3. The Hall–Kier alpha value is -1.40. The van der Waals surface area contributed by atoms with Gasteiger partial charge < -0.3 is 10.2 Å². The van der Waals surface area contributed by atoms with Gasteiger partial charge in [-0.05, 0) is 17.9 Å². The normalized spacial score (nSPS) is 11.9. The van der Waals surface area contributed by atoms with Crippen molar-refractivity contribution < 1.29 is 14.5 Å². The molecule has 1 heterocycles. The Morgan fingerprint density at radius 1 is 1.42 bits per heavy atom. The highest BCUT2D eigenvalue weighted by molar-refractivity contribution is 7.09. The first-order valence-electron chi connectivity index (χ1n) is 6.53. The van der Waals surface area contributed by atoms with Crippen molar-refractivity contribution in [1.82, 2.24) is 10.6 Å². The van der Waals surface area contributed by atoms with Gasteiger partial charge in [0.1, 0.15) is 6.54 Å². The second-order valence-electron chi connectivity index (χ2n) is 4.55. The number of unbranched alkanes of at least 4 members (excludes halogenated alkanes) is 1. The zero-order chi connectivity index (χ0) is 14.1. The minimum atomic E-state index is -0.401. The molecule has 1 unspecified atom stereocenters. The first-order chi connectivity index (χ1) is 9.11. The van der Waals surface area contributed by atoms with Crippen LogP contribution in [-0.2, 0) is 11.3 Å². The average molecular weight is 284 g/mol. The largest absolute Gasteiger partial charge is 0.338 e. The molecule has 0 saturated heterocycles. The maximum absolute atomic E-state index is 11.6. The zero-order valence-electron chi connectivity index (χ0n) is 11.5. The van der Waals surface area contributed by atoms with E-state index in [0.717, 1.165) is 24.3 Å². The van der Waals surface area contributed by atoms with Crippen LogP contribution in [0.5, 0.6) is 0 Å². The van der Waals surface area contributed by atoms with Crippen molar-refractivity contribution in [3.63, 3.8) is 0 Å². The fraction of sp³-hybridized carbons (Fsp3) is 0.538. The Labute approximate surface area is 118 Å². The van der Waals surface area contributed by atoms with Crippen LogP contribution >= 0.6 is 11.3 Å². The number of rotatable bonds is 7. The summed E-state index contributed by atoms with van der Waals surface area (Å²) in [4.78, 5) is 25.3. The Balaban J connectivity index is 2.21. The van der Waals surface area contributed by atoms with E-state index in [0.29, 0.717) is 13.1 Å². The van der Waals surface area contributed by atoms with Gasteiger partial charge in [-0.15, -0.1) is 11.3 Å². The first kappa shape index (κ1) is 15.7. The van der Waals surface area contributed by atoms with Crippen molar-refractivity contribution in [3.8, 4) is 0 Å². The van der Waals surface area contributed by atoms with Gasteiger partial charge in [-0.25, -0.2) is 4.79 Å². The number of hydrogen-bond donors (Lipinski definition) is 3. The molecule has 1 aromatic heterocycles. The molecule has 106 valence electrons. The second-order valence-corrected chi connectivity index (χ2v) is 5.58. The number of imide groups is 1. The van der Waals surface area contributed by atoms with Crippen LogP contribution in [0.3, 0.4) is 0 Å². The molecule has 19 heavy (non-hydrogen) atoms. The third-order valence-electron chi connectivity index (χ3n) is 2.59. The van der Waals surface area contributed by atoms with E-state index >= 15 is 0 Å².